The van der Waals surface area contributed by atoms with Crippen molar-refractivity contribution in [2.24, 2.45) is 5.92 Å². The molecule has 1 aliphatic heterocycles. The van der Waals surface area contributed by atoms with Crippen molar-refractivity contribution >= 4 is 39.4 Å². The van der Waals surface area contributed by atoms with Gasteiger partial charge in [0.1, 0.15) is 0 Å². The number of aryl methyl sites for hydroxylation is 1. The molecule has 2 amide bonds. The van der Waals surface area contributed by atoms with Crippen molar-refractivity contribution in [3.05, 3.63) is 28.2 Å². The summed E-state index contributed by atoms with van der Waals surface area (Å²) in [6, 6.07) is 5.47. The van der Waals surface area contributed by atoms with E-state index in [1.165, 1.54) is 4.90 Å². The van der Waals surface area contributed by atoms with E-state index in [2.05, 4.69) is 21.2 Å². The van der Waals surface area contributed by atoms with E-state index in [0.717, 1.165) is 10.0 Å². The lowest BCUT2D eigenvalue weighted by Crippen LogP contribution is -2.45. The standard InChI is InChI=1S/C17H21BrN2O4/c1-3-24-17(23)12-6-8-20(9-7-12)16(22)15(21)19-14-5-4-11(2)10-13(14)18/h4-5,10,12H,3,6-9H2,1-2H3,(H,19,21). The van der Waals surface area contributed by atoms with E-state index in [4.69, 9.17) is 4.74 Å². The van der Waals surface area contributed by atoms with Crippen LogP contribution < -0.4 is 5.32 Å². The van der Waals surface area contributed by atoms with Crippen molar-refractivity contribution in [1.82, 2.24) is 4.90 Å². The SMILES string of the molecule is CCOC(=O)C1CCN(C(=O)C(=O)Nc2ccc(C)cc2Br)CC1. The molecule has 0 unspecified atom stereocenters. The molecule has 130 valence electrons. The molecular formula is C17H21BrN2O4. The molecule has 0 aromatic heterocycles. The molecule has 1 aliphatic rings. The maximum Gasteiger partial charge on any atom is 0.313 e. The van der Waals surface area contributed by atoms with Crippen LogP contribution in [0.5, 0.6) is 0 Å². The predicted molar refractivity (Wildman–Crippen MR) is 93.4 cm³/mol. The molecule has 24 heavy (non-hydrogen) atoms. The monoisotopic (exact) mass is 396 g/mol. The summed E-state index contributed by atoms with van der Waals surface area (Å²) < 4.78 is 5.73. The van der Waals surface area contributed by atoms with E-state index in [-0.39, 0.29) is 11.9 Å². The van der Waals surface area contributed by atoms with E-state index in [1.807, 2.05) is 19.1 Å². The first-order chi connectivity index (χ1) is 11.4. The van der Waals surface area contributed by atoms with Gasteiger partial charge in [0.2, 0.25) is 0 Å². The zero-order chi connectivity index (χ0) is 17.7. The van der Waals surface area contributed by atoms with E-state index < -0.39 is 11.8 Å². The van der Waals surface area contributed by atoms with Gasteiger partial charge in [-0.3, -0.25) is 14.4 Å². The Labute approximate surface area is 149 Å². The number of carbonyl (C=O) groups excluding carboxylic acids is 3. The lowest BCUT2D eigenvalue weighted by Gasteiger charge is -2.30. The van der Waals surface area contributed by atoms with Crippen molar-refractivity contribution in [2.75, 3.05) is 25.0 Å². The molecule has 1 heterocycles. The highest BCUT2D eigenvalue weighted by Gasteiger charge is 2.30. The first-order valence-corrected chi connectivity index (χ1v) is 8.74. The number of piperidine rings is 1. The van der Waals surface area contributed by atoms with Gasteiger partial charge in [0, 0.05) is 17.6 Å². The molecule has 0 spiro atoms. The molecule has 0 radical (unpaired) electrons. The third kappa shape index (κ3) is 4.56. The van der Waals surface area contributed by atoms with E-state index in [9.17, 15) is 14.4 Å². The quantitative estimate of drug-likeness (QED) is 0.628. The number of rotatable bonds is 3. The van der Waals surface area contributed by atoms with Gasteiger partial charge in [0.15, 0.2) is 0 Å². The number of ether oxygens (including phenoxy) is 1. The van der Waals surface area contributed by atoms with Gasteiger partial charge in [0.05, 0.1) is 18.2 Å². The third-order valence-corrected chi connectivity index (χ3v) is 4.63. The Balaban J connectivity index is 1.90. The predicted octanol–water partition coefficient (Wildman–Crippen LogP) is 2.50. The topological polar surface area (TPSA) is 75.7 Å². The highest BCUT2D eigenvalue weighted by Crippen LogP contribution is 2.24. The Morgan fingerprint density at radius 1 is 1.29 bits per heavy atom. The summed E-state index contributed by atoms with van der Waals surface area (Å²) >= 11 is 3.37. The van der Waals surface area contributed by atoms with Gasteiger partial charge in [-0.1, -0.05) is 6.07 Å². The Hall–Kier alpha value is -1.89. The molecule has 0 bridgehead atoms. The van der Waals surface area contributed by atoms with Crippen LogP contribution in [0.25, 0.3) is 0 Å². The molecule has 0 saturated carbocycles. The van der Waals surface area contributed by atoms with Crippen molar-refractivity contribution < 1.29 is 19.1 Å². The number of esters is 1. The number of carbonyl (C=O) groups is 3. The summed E-state index contributed by atoms with van der Waals surface area (Å²) in [6.45, 7) is 4.82. The Bertz CT molecular complexity index is 639. The number of halogens is 1. The number of nitrogens with one attached hydrogen (secondary N) is 1. The summed E-state index contributed by atoms with van der Waals surface area (Å²) in [4.78, 5) is 37.6. The van der Waals surface area contributed by atoms with Gasteiger partial charge in [-0.2, -0.15) is 0 Å². The molecular weight excluding hydrogens is 376 g/mol. The van der Waals surface area contributed by atoms with Gasteiger partial charge in [-0.15, -0.1) is 0 Å². The minimum atomic E-state index is -0.672. The number of hydrogen-bond acceptors (Lipinski definition) is 4. The van der Waals surface area contributed by atoms with Crippen LogP contribution in [0.15, 0.2) is 22.7 Å². The summed E-state index contributed by atoms with van der Waals surface area (Å²) in [5.74, 6) is -1.67. The average Bonchev–Trinajstić information content (AvgIpc) is 2.57. The molecule has 1 aromatic carbocycles. The van der Waals surface area contributed by atoms with E-state index >= 15 is 0 Å². The fourth-order valence-corrected chi connectivity index (χ4v) is 3.21. The Morgan fingerprint density at radius 2 is 1.96 bits per heavy atom. The maximum absolute atomic E-state index is 12.3. The summed E-state index contributed by atoms with van der Waals surface area (Å²) in [5.41, 5.74) is 1.60. The van der Waals surface area contributed by atoms with Crippen LogP contribution in [-0.2, 0) is 19.1 Å². The zero-order valence-corrected chi connectivity index (χ0v) is 15.4. The van der Waals surface area contributed by atoms with Gasteiger partial charge >= 0.3 is 17.8 Å². The first-order valence-electron chi connectivity index (χ1n) is 7.95. The second-order valence-corrected chi connectivity index (χ2v) is 6.61. The number of likely N-dealkylation sites (tertiary alicyclic amines) is 1. The zero-order valence-electron chi connectivity index (χ0n) is 13.8. The van der Waals surface area contributed by atoms with Crippen LogP contribution in [0.2, 0.25) is 0 Å². The molecule has 0 atom stereocenters. The minimum Gasteiger partial charge on any atom is -0.466 e. The van der Waals surface area contributed by atoms with Crippen LogP contribution >= 0.6 is 15.9 Å². The molecule has 7 heteroatoms. The number of anilines is 1. The van der Waals surface area contributed by atoms with Crippen LogP contribution in [0.4, 0.5) is 5.69 Å². The normalized spacial score (nSPS) is 15.0. The van der Waals surface area contributed by atoms with Crippen molar-refractivity contribution in [3.63, 3.8) is 0 Å². The second kappa shape index (κ2) is 8.28. The summed E-state index contributed by atoms with van der Waals surface area (Å²) in [5, 5.41) is 2.62. The summed E-state index contributed by atoms with van der Waals surface area (Å²) in [6.07, 6.45) is 1.04. The molecule has 1 fully saturated rings. The highest BCUT2D eigenvalue weighted by atomic mass is 79.9. The van der Waals surface area contributed by atoms with Crippen molar-refractivity contribution in [2.45, 2.75) is 26.7 Å². The third-order valence-electron chi connectivity index (χ3n) is 3.97. The molecule has 2 rings (SSSR count). The van der Waals surface area contributed by atoms with Crippen LogP contribution in [-0.4, -0.2) is 42.4 Å². The maximum atomic E-state index is 12.3. The van der Waals surface area contributed by atoms with Gasteiger partial charge in [-0.25, -0.2) is 0 Å². The Kier molecular flexibility index (Phi) is 6.36. The lowest BCUT2D eigenvalue weighted by atomic mass is 9.97. The highest BCUT2D eigenvalue weighted by molar-refractivity contribution is 9.10. The van der Waals surface area contributed by atoms with Crippen LogP contribution in [0, 0.1) is 12.8 Å². The first kappa shape index (κ1) is 18.4. The smallest absolute Gasteiger partial charge is 0.313 e. The average molecular weight is 397 g/mol. The van der Waals surface area contributed by atoms with Crippen LogP contribution in [0.1, 0.15) is 25.3 Å². The van der Waals surface area contributed by atoms with Crippen molar-refractivity contribution in [1.29, 1.82) is 0 Å². The van der Waals surface area contributed by atoms with Crippen LogP contribution in [0.3, 0.4) is 0 Å². The Morgan fingerprint density at radius 3 is 2.54 bits per heavy atom. The fourth-order valence-electron chi connectivity index (χ4n) is 2.62. The number of amides is 2. The molecule has 1 aromatic rings. The molecule has 1 N–H and O–H groups in total. The van der Waals surface area contributed by atoms with E-state index in [1.54, 1.807) is 13.0 Å². The lowest BCUT2D eigenvalue weighted by molar-refractivity contribution is -0.152. The number of nitrogens with zero attached hydrogens (tertiary/aromatic N) is 1. The molecule has 6 nitrogen and oxygen atoms in total. The van der Waals surface area contributed by atoms with Gasteiger partial charge in [-0.05, 0) is 60.3 Å². The van der Waals surface area contributed by atoms with Gasteiger partial charge in [0.25, 0.3) is 0 Å². The number of benzene rings is 1. The summed E-state index contributed by atoms with van der Waals surface area (Å²) in [7, 11) is 0. The van der Waals surface area contributed by atoms with E-state index in [0.29, 0.717) is 38.2 Å². The fraction of sp³-hybridized carbons (Fsp3) is 0.471. The molecule has 0 aliphatic carbocycles. The molecule has 1 saturated heterocycles. The second-order valence-electron chi connectivity index (χ2n) is 5.76. The largest absolute Gasteiger partial charge is 0.466 e. The van der Waals surface area contributed by atoms with Crippen molar-refractivity contribution in [3.8, 4) is 0 Å². The number of hydrogen-bond donors (Lipinski definition) is 1. The minimum absolute atomic E-state index is 0.191. The van der Waals surface area contributed by atoms with Gasteiger partial charge < -0.3 is 15.0 Å².